The van der Waals surface area contributed by atoms with Crippen molar-refractivity contribution in [2.45, 2.75) is 19.2 Å². The number of alkyl halides is 3. The zero-order valence-electron chi connectivity index (χ0n) is 12.9. The standard InChI is InChI=1S/C17H17F3N2OS/c1-12(13-5-3-2-4-6-13)11-21-16(24)22-14-7-9-15(10-8-14)23-17(18,19)20/h2-10,12H,11H2,1H3,(H2,21,22,24)/t12-/m1/s1. The van der Waals surface area contributed by atoms with Gasteiger partial charge in [-0.1, -0.05) is 37.3 Å². The summed E-state index contributed by atoms with van der Waals surface area (Å²) in [7, 11) is 0. The summed E-state index contributed by atoms with van der Waals surface area (Å²) < 4.78 is 40.1. The molecule has 0 saturated carbocycles. The number of hydrogen-bond donors (Lipinski definition) is 2. The lowest BCUT2D eigenvalue weighted by molar-refractivity contribution is -0.274. The third-order valence-electron chi connectivity index (χ3n) is 3.28. The smallest absolute Gasteiger partial charge is 0.406 e. The molecule has 2 rings (SSSR count). The summed E-state index contributed by atoms with van der Waals surface area (Å²) in [6.45, 7) is 2.72. The van der Waals surface area contributed by atoms with E-state index in [9.17, 15) is 13.2 Å². The molecule has 24 heavy (non-hydrogen) atoms. The van der Waals surface area contributed by atoms with Crippen molar-refractivity contribution in [3.8, 4) is 5.75 Å². The number of anilines is 1. The molecule has 0 saturated heterocycles. The number of halogens is 3. The Balaban J connectivity index is 1.82. The van der Waals surface area contributed by atoms with Gasteiger partial charge < -0.3 is 15.4 Å². The minimum absolute atomic E-state index is 0.272. The minimum atomic E-state index is -4.70. The molecule has 2 N–H and O–H groups in total. The molecule has 0 spiro atoms. The fraction of sp³-hybridized carbons (Fsp3) is 0.235. The monoisotopic (exact) mass is 354 g/mol. The Bertz CT molecular complexity index is 660. The van der Waals surface area contributed by atoms with Crippen molar-refractivity contribution in [1.29, 1.82) is 0 Å². The predicted octanol–water partition coefficient (Wildman–Crippen LogP) is 4.68. The van der Waals surface area contributed by atoms with Crippen LogP contribution < -0.4 is 15.4 Å². The number of nitrogens with one attached hydrogen (secondary N) is 2. The Morgan fingerprint density at radius 2 is 1.71 bits per heavy atom. The van der Waals surface area contributed by atoms with E-state index >= 15 is 0 Å². The molecule has 0 bridgehead atoms. The fourth-order valence-corrected chi connectivity index (χ4v) is 2.26. The van der Waals surface area contributed by atoms with Crippen LogP contribution >= 0.6 is 12.2 Å². The maximum Gasteiger partial charge on any atom is 0.573 e. The van der Waals surface area contributed by atoms with Crippen molar-refractivity contribution < 1.29 is 17.9 Å². The third kappa shape index (κ3) is 6.08. The lowest BCUT2D eigenvalue weighted by atomic mass is 10.0. The molecule has 3 nitrogen and oxygen atoms in total. The van der Waals surface area contributed by atoms with E-state index in [0.717, 1.165) is 0 Å². The van der Waals surface area contributed by atoms with Crippen LogP contribution in [0.5, 0.6) is 5.75 Å². The molecular formula is C17H17F3N2OS. The summed E-state index contributed by atoms with van der Waals surface area (Å²) in [5.41, 5.74) is 1.77. The molecule has 0 radical (unpaired) electrons. The SMILES string of the molecule is C[C@H](CNC(=S)Nc1ccc(OC(F)(F)F)cc1)c1ccccc1. The van der Waals surface area contributed by atoms with Crippen LogP contribution in [0.3, 0.4) is 0 Å². The highest BCUT2D eigenvalue weighted by molar-refractivity contribution is 7.80. The average Bonchev–Trinajstić information content (AvgIpc) is 2.54. The zero-order chi connectivity index (χ0) is 17.6. The largest absolute Gasteiger partial charge is 0.573 e. The normalized spacial score (nSPS) is 12.3. The molecule has 0 unspecified atom stereocenters. The highest BCUT2D eigenvalue weighted by Gasteiger charge is 2.30. The lowest BCUT2D eigenvalue weighted by Crippen LogP contribution is -2.31. The first kappa shape index (κ1) is 18.1. The molecule has 1 atom stereocenters. The molecule has 7 heteroatoms. The first-order chi connectivity index (χ1) is 11.3. The van der Waals surface area contributed by atoms with Gasteiger partial charge in [-0.2, -0.15) is 0 Å². The van der Waals surface area contributed by atoms with Gasteiger partial charge in [0.05, 0.1) is 0 Å². The van der Waals surface area contributed by atoms with E-state index < -0.39 is 6.36 Å². The van der Waals surface area contributed by atoms with Gasteiger partial charge in [0.1, 0.15) is 5.75 Å². The number of hydrogen-bond acceptors (Lipinski definition) is 2. The van der Waals surface area contributed by atoms with E-state index in [1.54, 1.807) is 0 Å². The number of rotatable bonds is 5. The fourth-order valence-electron chi connectivity index (χ4n) is 2.06. The molecule has 0 aliphatic heterocycles. The Labute approximate surface area is 143 Å². The van der Waals surface area contributed by atoms with Crippen LogP contribution in [0.25, 0.3) is 0 Å². The van der Waals surface area contributed by atoms with E-state index in [0.29, 0.717) is 17.3 Å². The van der Waals surface area contributed by atoms with Crippen LogP contribution in [-0.4, -0.2) is 18.0 Å². The van der Waals surface area contributed by atoms with Crippen LogP contribution in [0.15, 0.2) is 54.6 Å². The van der Waals surface area contributed by atoms with Gasteiger partial charge in [0.25, 0.3) is 0 Å². The summed E-state index contributed by atoms with van der Waals surface area (Å²) >= 11 is 5.19. The number of thiocarbonyl (C=S) groups is 1. The first-order valence-corrected chi connectivity index (χ1v) is 7.70. The molecular weight excluding hydrogens is 337 g/mol. The first-order valence-electron chi connectivity index (χ1n) is 7.29. The molecule has 0 fully saturated rings. The predicted molar refractivity (Wildman–Crippen MR) is 92.2 cm³/mol. The van der Waals surface area contributed by atoms with Gasteiger partial charge in [-0.25, -0.2) is 0 Å². The van der Waals surface area contributed by atoms with Gasteiger partial charge in [-0.05, 0) is 48.0 Å². The Kier molecular flexibility index (Phi) is 6.03. The Morgan fingerprint density at radius 1 is 1.08 bits per heavy atom. The van der Waals surface area contributed by atoms with Gasteiger partial charge in [-0.15, -0.1) is 13.2 Å². The number of benzene rings is 2. The summed E-state index contributed by atoms with van der Waals surface area (Å²) in [5.74, 6) is -0.00172. The molecule has 2 aromatic rings. The van der Waals surface area contributed by atoms with E-state index in [1.165, 1.54) is 29.8 Å². The quantitative estimate of drug-likeness (QED) is 0.764. The van der Waals surface area contributed by atoms with E-state index in [4.69, 9.17) is 12.2 Å². The van der Waals surface area contributed by atoms with Gasteiger partial charge in [0.2, 0.25) is 0 Å². The highest BCUT2D eigenvalue weighted by atomic mass is 32.1. The lowest BCUT2D eigenvalue weighted by Gasteiger charge is -2.16. The second-order valence-electron chi connectivity index (χ2n) is 5.22. The average molecular weight is 354 g/mol. The molecule has 0 amide bonds. The Hall–Kier alpha value is -2.28. The van der Waals surface area contributed by atoms with Crippen molar-refractivity contribution >= 4 is 23.0 Å². The highest BCUT2D eigenvalue weighted by Crippen LogP contribution is 2.23. The van der Waals surface area contributed by atoms with Crippen molar-refractivity contribution in [3.05, 3.63) is 60.2 Å². The van der Waals surface area contributed by atoms with E-state index in [2.05, 4.69) is 22.3 Å². The maximum atomic E-state index is 12.1. The molecule has 0 heterocycles. The second kappa shape index (κ2) is 8.01. The third-order valence-corrected chi connectivity index (χ3v) is 3.53. The van der Waals surface area contributed by atoms with Crippen LogP contribution in [-0.2, 0) is 0 Å². The zero-order valence-corrected chi connectivity index (χ0v) is 13.7. The second-order valence-corrected chi connectivity index (χ2v) is 5.63. The van der Waals surface area contributed by atoms with Gasteiger partial charge in [0, 0.05) is 12.2 Å². The van der Waals surface area contributed by atoms with E-state index in [1.807, 2.05) is 30.3 Å². The van der Waals surface area contributed by atoms with Gasteiger partial charge >= 0.3 is 6.36 Å². The summed E-state index contributed by atoms with van der Waals surface area (Å²) in [4.78, 5) is 0. The molecule has 2 aromatic carbocycles. The van der Waals surface area contributed by atoms with Gasteiger partial charge in [0.15, 0.2) is 5.11 Å². The summed E-state index contributed by atoms with van der Waals surface area (Å²) in [6.07, 6.45) is -4.70. The maximum absolute atomic E-state index is 12.1. The van der Waals surface area contributed by atoms with Crippen LogP contribution in [0.2, 0.25) is 0 Å². The van der Waals surface area contributed by atoms with Crippen molar-refractivity contribution in [1.82, 2.24) is 5.32 Å². The Morgan fingerprint density at radius 3 is 2.29 bits per heavy atom. The molecule has 0 aliphatic carbocycles. The minimum Gasteiger partial charge on any atom is -0.406 e. The van der Waals surface area contributed by atoms with Crippen LogP contribution in [0, 0.1) is 0 Å². The van der Waals surface area contributed by atoms with Crippen LogP contribution in [0.4, 0.5) is 18.9 Å². The van der Waals surface area contributed by atoms with Crippen molar-refractivity contribution in [2.75, 3.05) is 11.9 Å². The number of ether oxygens (including phenoxy) is 1. The summed E-state index contributed by atoms with van der Waals surface area (Å²) in [6, 6.07) is 15.4. The molecule has 128 valence electrons. The van der Waals surface area contributed by atoms with Crippen LogP contribution in [0.1, 0.15) is 18.4 Å². The van der Waals surface area contributed by atoms with Gasteiger partial charge in [-0.3, -0.25) is 0 Å². The van der Waals surface area contributed by atoms with Crippen molar-refractivity contribution in [3.63, 3.8) is 0 Å². The topological polar surface area (TPSA) is 33.3 Å². The summed E-state index contributed by atoms with van der Waals surface area (Å²) in [5, 5.41) is 6.42. The van der Waals surface area contributed by atoms with Crippen molar-refractivity contribution in [2.24, 2.45) is 0 Å². The molecule has 0 aromatic heterocycles. The van der Waals surface area contributed by atoms with E-state index in [-0.39, 0.29) is 11.7 Å². The molecule has 0 aliphatic rings.